The molecule has 3 N–H and O–H groups in total. The van der Waals surface area contributed by atoms with Crippen LogP contribution in [0.4, 0.5) is 4.39 Å². The average molecular weight is 454 g/mol. The van der Waals surface area contributed by atoms with Crippen LogP contribution in [0.2, 0.25) is 0 Å². The summed E-state index contributed by atoms with van der Waals surface area (Å²) >= 11 is 10.8. The minimum absolute atomic E-state index is 0.00432. The Morgan fingerprint density at radius 2 is 1.96 bits per heavy atom. The van der Waals surface area contributed by atoms with E-state index in [4.69, 9.17) is 23.2 Å². The van der Waals surface area contributed by atoms with Crippen molar-refractivity contribution in [2.45, 2.75) is 23.5 Å². The highest BCUT2D eigenvalue weighted by Crippen LogP contribution is 2.20. The van der Waals surface area contributed by atoms with Crippen molar-refractivity contribution in [2.24, 2.45) is 0 Å². The highest BCUT2D eigenvalue weighted by atomic mass is 35.5. The van der Waals surface area contributed by atoms with Gasteiger partial charge in [0.25, 0.3) is 5.91 Å². The van der Waals surface area contributed by atoms with Gasteiger partial charge in [0.15, 0.2) is 4.84 Å². The van der Waals surface area contributed by atoms with Gasteiger partial charge >= 0.3 is 0 Å². The summed E-state index contributed by atoms with van der Waals surface area (Å²) in [5.41, 5.74) is 1.34. The maximum absolute atomic E-state index is 13.2. The number of aromatic nitrogens is 3. The second kappa shape index (κ2) is 9.61. The smallest absolute Gasteiger partial charge is 0.253 e. The lowest BCUT2D eigenvalue weighted by molar-refractivity contribution is -0.121. The van der Waals surface area contributed by atoms with Crippen molar-refractivity contribution in [1.29, 1.82) is 0 Å². The third kappa shape index (κ3) is 6.38. The molecule has 0 saturated carbocycles. The SMILES string of the molecule is CS(=O)(=O)NCc1cn(-c2ccc([C@@H](O)[C@@H](CF)NC(=O)C(Cl)Cl)cc2)nn1. The molecule has 2 rings (SSSR count). The Bertz CT molecular complexity index is 907. The lowest BCUT2D eigenvalue weighted by Crippen LogP contribution is -2.43. The van der Waals surface area contributed by atoms with Crippen LogP contribution in [0.15, 0.2) is 30.5 Å². The highest BCUT2D eigenvalue weighted by molar-refractivity contribution is 7.88. The van der Waals surface area contributed by atoms with Crippen molar-refractivity contribution in [1.82, 2.24) is 25.0 Å². The number of rotatable bonds is 9. The van der Waals surface area contributed by atoms with E-state index in [1.165, 1.54) is 23.0 Å². The van der Waals surface area contributed by atoms with Crippen molar-refractivity contribution in [3.63, 3.8) is 0 Å². The number of nitrogens with one attached hydrogen (secondary N) is 2. The molecule has 2 aromatic rings. The van der Waals surface area contributed by atoms with Crippen LogP contribution in [-0.2, 0) is 21.4 Å². The third-order valence-corrected chi connectivity index (χ3v) is 4.69. The van der Waals surface area contributed by atoms with Gasteiger partial charge in [-0.05, 0) is 17.7 Å². The number of halogens is 3. The van der Waals surface area contributed by atoms with Gasteiger partial charge in [-0.3, -0.25) is 4.79 Å². The van der Waals surface area contributed by atoms with Gasteiger partial charge < -0.3 is 10.4 Å². The van der Waals surface area contributed by atoms with Crippen molar-refractivity contribution in [3.8, 4) is 5.69 Å². The van der Waals surface area contributed by atoms with Crippen LogP contribution in [0.1, 0.15) is 17.4 Å². The highest BCUT2D eigenvalue weighted by Gasteiger charge is 2.25. The molecule has 0 spiro atoms. The number of aliphatic hydroxyl groups excluding tert-OH is 1. The van der Waals surface area contributed by atoms with Crippen LogP contribution in [-0.4, -0.2) is 58.2 Å². The molecule has 1 aromatic carbocycles. The first-order chi connectivity index (χ1) is 13.1. The van der Waals surface area contributed by atoms with Gasteiger partial charge in [-0.15, -0.1) is 5.10 Å². The number of nitrogens with zero attached hydrogens (tertiary/aromatic N) is 3. The summed E-state index contributed by atoms with van der Waals surface area (Å²) in [6.45, 7) is -1.02. The Morgan fingerprint density at radius 3 is 2.50 bits per heavy atom. The summed E-state index contributed by atoms with van der Waals surface area (Å²) in [7, 11) is -3.35. The summed E-state index contributed by atoms with van der Waals surface area (Å²) in [6.07, 6.45) is 1.25. The van der Waals surface area contributed by atoms with E-state index in [1.807, 2.05) is 0 Å². The zero-order valence-corrected chi connectivity index (χ0v) is 16.9. The molecule has 1 aromatic heterocycles. The number of hydrogen-bond acceptors (Lipinski definition) is 6. The first-order valence-corrected chi connectivity index (χ1v) is 10.7. The summed E-state index contributed by atoms with van der Waals surface area (Å²) in [5, 5.41) is 20.3. The molecule has 0 aliphatic heterocycles. The molecule has 0 radical (unpaired) electrons. The summed E-state index contributed by atoms with van der Waals surface area (Å²) < 4.78 is 39.1. The summed E-state index contributed by atoms with van der Waals surface area (Å²) in [5.74, 6) is -0.806. The molecule has 154 valence electrons. The minimum Gasteiger partial charge on any atom is -0.386 e. The fourth-order valence-electron chi connectivity index (χ4n) is 2.21. The van der Waals surface area contributed by atoms with E-state index in [0.29, 0.717) is 16.9 Å². The molecule has 1 amide bonds. The molecule has 0 aliphatic rings. The van der Waals surface area contributed by atoms with Crippen molar-refractivity contribution < 1.29 is 22.7 Å². The molecule has 13 heteroatoms. The van der Waals surface area contributed by atoms with Crippen LogP contribution >= 0.6 is 23.2 Å². The van der Waals surface area contributed by atoms with E-state index in [2.05, 4.69) is 20.4 Å². The Balaban J connectivity index is 2.08. The number of amides is 1. The molecule has 0 bridgehead atoms. The zero-order chi connectivity index (χ0) is 20.9. The number of carbonyl (C=O) groups excluding carboxylic acids is 1. The molecule has 0 saturated heterocycles. The number of sulfonamides is 1. The lowest BCUT2D eigenvalue weighted by Gasteiger charge is -2.22. The van der Waals surface area contributed by atoms with Crippen LogP contribution in [0.5, 0.6) is 0 Å². The first kappa shape index (κ1) is 22.5. The van der Waals surface area contributed by atoms with Crippen molar-refractivity contribution in [2.75, 3.05) is 12.9 Å². The topological polar surface area (TPSA) is 126 Å². The largest absolute Gasteiger partial charge is 0.386 e. The number of carbonyl (C=O) groups is 1. The van der Waals surface area contributed by atoms with E-state index >= 15 is 0 Å². The van der Waals surface area contributed by atoms with Crippen LogP contribution < -0.4 is 10.0 Å². The second-order valence-electron chi connectivity index (χ2n) is 5.85. The molecule has 0 unspecified atom stereocenters. The lowest BCUT2D eigenvalue weighted by atomic mass is 10.0. The van der Waals surface area contributed by atoms with Gasteiger partial charge in [0.2, 0.25) is 10.0 Å². The Hall–Kier alpha value is -1.79. The number of alkyl halides is 3. The van der Waals surface area contributed by atoms with E-state index in [9.17, 15) is 22.7 Å². The second-order valence-corrected chi connectivity index (χ2v) is 8.78. The minimum atomic E-state index is -3.35. The average Bonchev–Trinajstić information content (AvgIpc) is 3.12. The first-order valence-electron chi connectivity index (χ1n) is 7.89. The van der Waals surface area contributed by atoms with Gasteiger partial charge in [0, 0.05) is 0 Å². The Labute approximate surface area is 170 Å². The molecule has 9 nitrogen and oxygen atoms in total. The van der Waals surface area contributed by atoms with Gasteiger partial charge in [-0.25, -0.2) is 22.2 Å². The Morgan fingerprint density at radius 1 is 1.32 bits per heavy atom. The van der Waals surface area contributed by atoms with Crippen molar-refractivity contribution in [3.05, 3.63) is 41.7 Å². The van der Waals surface area contributed by atoms with Crippen LogP contribution in [0.3, 0.4) is 0 Å². The Kier molecular flexibility index (Phi) is 7.72. The normalized spacial score (nSPS) is 14.1. The van der Waals surface area contributed by atoms with Crippen LogP contribution in [0, 0.1) is 0 Å². The molecular formula is C15H18Cl2FN5O4S. The van der Waals surface area contributed by atoms with Crippen molar-refractivity contribution >= 4 is 39.1 Å². The fourth-order valence-corrected chi connectivity index (χ4v) is 2.75. The summed E-state index contributed by atoms with van der Waals surface area (Å²) in [6, 6.07) is 5.06. The van der Waals surface area contributed by atoms with E-state index in [1.54, 1.807) is 12.1 Å². The number of aliphatic hydroxyl groups is 1. The van der Waals surface area contributed by atoms with Gasteiger partial charge in [0.1, 0.15) is 12.8 Å². The maximum atomic E-state index is 13.2. The van der Waals surface area contributed by atoms with E-state index < -0.39 is 39.6 Å². The zero-order valence-electron chi connectivity index (χ0n) is 14.6. The molecule has 0 aliphatic carbocycles. The van der Waals surface area contributed by atoms with E-state index in [-0.39, 0.29) is 6.54 Å². The number of hydrogen-bond donors (Lipinski definition) is 3. The van der Waals surface area contributed by atoms with Gasteiger partial charge in [0.05, 0.1) is 36.4 Å². The predicted molar refractivity (Wildman–Crippen MR) is 101 cm³/mol. The summed E-state index contributed by atoms with van der Waals surface area (Å²) in [4.78, 5) is 10.1. The predicted octanol–water partition coefficient (Wildman–Crippen LogP) is 0.608. The van der Waals surface area contributed by atoms with Crippen LogP contribution in [0.25, 0.3) is 5.69 Å². The molecular weight excluding hydrogens is 436 g/mol. The molecule has 0 fully saturated rings. The quantitative estimate of drug-likeness (QED) is 0.477. The number of benzene rings is 1. The monoisotopic (exact) mass is 453 g/mol. The molecule has 1 heterocycles. The van der Waals surface area contributed by atoms with Gasteiger partial charge in [-0.1, -0.05) is 40.5 Å². The van der Waals surface area contributed by atoms with Gasteiger partial charge in [-0.2, -0.15) is 0 Å². The third-order valence-electron chi connectivity index (χ3n) is 3.63. The molecule has 28 heavy (non-hydrogen) atoms. The standard InChI is InChI=1S/C15H18Cl2FN5O4S/c1-28(26,27)19-7-10-8-23(22-21-10)11-4-2-9(3-5-11)13(24)12(6-18)20-15(25)14(16)17/h2-5,8,12-14,19,24H,6-7H2,1H3,(H,20,25)/t12-,13-/m1/s1. The maximum Gasteiger partial charge on any atom is 0.253 e. The van der Waals surface area contributed by atoms with E-state index in [0.717, 1.165) is 6.26 Å². The molecule has 2 atom stereocenters. The fraction of sp³-hybridized carbons (Fsp3) is 0.400.